The Morgan fingerprint density at radius 2 is 1.81 bits per heavy atom. The van der Waals surface area contributed by atoms with Crippen LogP contribution in [0.5, 0.6) is 11.5 Å². The number of methoxy groups -OCH3 is 1. The molecule has 174 valence electrons. The molecule has 1 aliphatic rings. The van der Waals surface area contributed by atoms with Gasteiger partial charge in [0.25, 0.3) is 0 Å². The summed E-state index contributed by atoms with van der Waals surface area (Å²) in [6.45, 7) is 12.5. The van der Waals surface area contributed by atoms with Crippen LogP contribution in [0.3, 0.4) is 0 Å². The van der Waals surface area contributed by atoms with Gasteiger partial charge in [-0.3, -0.25) is 0 Å². The molecule has 2 aromatic carbocycles. The molecule has 0 bridgehead atoms. The largest absolute Gasteiger partial charge is 0.493 e. The van der Waals surface area contributed by atoms with Crippen molar-refractivity contribution < 1.29 is 23.4 Å². The lowest BCUT2D eigenvalue weighted by molar-refractivity contribution is -0.112. The molecule has 2 aromatic rings. The average Bonchev–Trinajstić information content (AvgIpc) is 3.19. The van der Waals surface area contributed by atoms with Gasteiger partial charge in [-0.05, 0) is 41.4 Å². The molecule has 0 spiro atoms. The van der Waals surface area contributed by atoms with Crippen LogP contribution in [0.2, 0.25) is 18.1 Å². The van der Waals surface area contributed by atoms with Gasteiger partial charge < -0.3 is 23.4 Å². The molecule has 1 heterocycles. The van der Waals surface area contributed by atoms with Crippen molar-refractivity contribution in [2.75, 3.05) is 20.3 Å². The van der Waals surface area contributed by atoms with Gasteiger partial charge in [-0.2, -0.15) is 0 Å². The summed E-state index contributed by atoms with van der Waals surface area (Å²) in [4.78, 5) is 11.7. The van der Waals surface area contributed by atoms with E-state index in [1.165, 1.54) is 0 Å². The van der Waals surface area contributed by atoms with E-state index in [9.17, 15) is 4.79 Å². The number of carbonyl (C=O) groups is 1. The monoisotopic (exact) mass is 456 g/mol. The van der Waals surface area contributed by atoms with Gasteiger partial charge in [-0.25, -0.2) is 0 Å². The molecule has 3 atom stereocenters. The molecule has 0 radical (unpaired) electrons. The van der Waals surface area contributed by atoms with E-state index in [4.69, 9.17) is 18.6 Å². The van der Waals surface area contributed by atoms with Gasteiger partial charge in [0.05, 0.1) is 19.8 Å². The average molecular weight is 457 g/mol. The number of benzene rings is 2. The smallest absolute Gasteiger partial charge is 0.191 e. The summed E-state index contributed by atoms with van der Waals surface area (Å²) in [5.74, 6) is 1.13. The van der Waals surface area contributed by atoms with Crippen LogP contribution in [0, 0.1) is 11.8 Å². The first-order valence-electron chi connectivity index (χ1n) is 11.2. The highest BCUT2D eigenvalue weighted by atomic mass is 28.4. The number of hydrogen-bond donors (Lipinski definition) is 0. The number of aldehydes is 1. The Hall–Kier alpha value is -2.15. The Labute approximate surface area is 193 Å². The Balaban J connectivity index is 1.76. The molecule has 3 rings (SSSR count). The predicted molar refractivity (Wildman–Crippen MR) is 129 cm³/mol. The molecule has 0 amide bonds. The standard InChI is InChI=1S/C26H36O5Si/c1-26(2,3)32(5,6)31-18-22-21(15-27)17-30-25(22)20-12-13-23(24(14-20)28-4)29-16-19-10-8-7-9-11-19/h7-15,21-22,25H,16-18H2,1-6H3/t21-,22-,25-/m0/s1. The number of rotatable bonds is 9. The van der Waals surface area contributed by atoms with Crippen LogP contribution in [0.1, 0.15) is 38.0 Å². The molecule has 5 nitrogen and oxygen atoms in total. The van der Waals surface area contributed by atoms with Crippen molar-refractivity contribution in [2.45, 2.75) is 51.6 Å². The lowest BCUT2D eigenvalue weighted by atomic mass is 9.89. The summed E-state index contributed by atoms with van der Waals surface area (Å²) in [5.41, 5.74) is 2.07. The van der Waals surface area contributed by atoms with Crippen molar-refractivity contribution in [2.24, 2.45) is 11.8 Å². The number of hydrogen-bond acceptors (Lipinski definition) is 5. The zero-order valence-electron chi connectivity index (χ0n) is 20.1. The van der Waals surface area contributed by atoms with Crippen molar-refractivity contribution in [1.82, 2.24) is 0 Å². The second-order valence-electron chi connectivity index (χ2n) is 9.97. The zero-order chi connectivity index (χ0) is 23.4. The predicted octanol–water partition coefficient (Wildman–Crippen LogP) is 5.80. The van der Waals surface area contributed by atoms with Crippen molar-refractivity contribution in [3.8, 4) is 11.5 Å². The maximum absolute atomic E-state index is 11.7. The summed E-state index contributed by atoms with van der Waals surface area (Å²) >= 11 is 0. The third-order valence-electron chi connectivity index (χ3n) is 6.78. The lowest BCUT2D eigenvalue weighted by Gasteiger charge is -2.37. The van der Waals surface area contributed by atoms with Gasteiger partial charge in [0.2, 0.25) is 0 Å². The third kappa shape index (κ3) is 5.60. The van der Waals surface area contributed by atoms with Crippen molar-refractivity contribution in [1.29, 1.82) is 0 Å². The molecule has 0 N–H and O–H groups in total. The molecule has 6 heteroatoms. The highest BCUT2D eigenvalue weighted by Gasteiger charge is 2.42. The van der Waals surface area contributed by atoms with E-state index in [2.05, 4.69) is 33.9 Å². The summed E-state index contributed by atoms with van der Waals surface area (Å²) in [6.07, 6.45) is 0.792. The summed E-state index contributed by atoms with van der Waals surface area (Å²) in [7, 11) is -0.296. The Kier molecular flexibility index (Phi) is 7.80. The maximum Gasteiger partial charge on any atom is 0.191 e. The van der Waals surface area contributed by atoms with Crippen molar-refractivity contribution in [3.63, 3.8) is 0 Å². The molecule has 32 heavy (non-hydrogen) atoms. The lowest BCUT2D eigenvalue weighted by Crippen LogP contribution is -2.42. The minimum absolute atomic E-state index is 0.0255. The fraction of sp³-hybridized carbons (Fsp3) is 0.500. The van der Waals surface area contributed by atoms with Crippen LogP contribution in [-0.2, 0) is 20.6 Å². The van der Waals surface area contributed by atoms with E-state index in [1.54, 1.807) is 7.11 Å². The molecule has 0 aliphatic carbocycles. The summed E-state index contributed by atoms with van der Waals surface area (Å²) in [5, 5.41) is 0.111. The van der Waals surface area contributed by atoms with E-state index in [-0.39, 0.29) is 23.0 Å². The van der Waals surface area contributed by atoms with Gasteiger partial charge in [0.1, 0.15) is 12.9 Å². The van der Waals surface area contributed by atoms with Crippen LogP contribution in [0.15, 0.2) is 48.5 Å². The first-order valence-corrected chi connectivity index (χ1v) is 14.1. The normalized spacial score (nSPS) is 21.4. The maximum atomic E-state index is 11.7. The van der Waals surface area contributed by atoms with Crippen molar-refractivity contribution in [3.05, 3.63) is 59.7 Å². The molecular formula is C26H36O5Si. The van der Waals surface area contributed by atoms with Crippen LogP contribution in [0.4, 0.5) is 0 Å². The first kappa shape index (κ1) is 24.5. The van der Waals surface area contributed by atoms with Gasteiger partial charge in [0.15, 0.2) is 19.8 Å². The summed E-state index contributed by atoms with van der Waals surface area (Å²) in [6, 6.07) is 15.9. The highest BCUT2D eigenvalue weighted by molar-refractivity contribution is 6.74. The minimum atomic E-state index is -1.93. The van der Waals surface area contributed by atoms with E-state index in [1.807, 2.05) is 48.5 Å². The second-order valence-corrected chi connectivity index (χ2v) is 14.8. The first-order chi connectivity index (χ1) is 15.2. The molecule has 1 aliphatic heterocycles. The summed E-state index contributed by atoms with van der Waals surface area (Å²) < 4.78 is 24.2. The highest BCUT2D eigenvalue weighted by Crippen LogP contribution is 2.43. The SMILES string of the molecule is COc1cc([C@@H]2OC[C@H](C=O)[C@@H]2CO[Si](C)(C)C(C)(C)C)ccc1OCc1ccccc1. The Bertz CT molecular complexity index is 891. The van der Waals surface area contributed by atoms with E-state index < -0.39 is 8.32 Å². The topological polar surface area (TPSA) is 54.0 Å². The van der Waals surface area contributed by atoms with Crippen LogP contribution in [-0.4, -0.2) is 34.9 Å². The van der Waals surface area contributed by atoms with Gasteiger partial charge in [0, 0.05) is 18.4 Å². The van der Waals surface area contributed by atoms with E-state index >= 15 is 0 Å². The molecular weight excluding hydrogens is 420 g/mol. The fourth-order valence-electron chi connectivity index (χ4n) is 3.62. The molecule has 0 unspecified atom stereocenters. The Morgan fingerprint density at radius 1 is 1.09 bits per heavy atom. The zero-order valence-corrected chi connectivity index (χ0v) is 21.1. The van der Waals surface area contributed by atoms with Crippen LogP contribution < -0.4 is 9.47 Å². The van der Waals surface area contributed by atoms with Crippen LogP contribution >= 0.6 is 0 Å². The van der Waals surface area contributed by atoms with Gasteiger partial charge in [-0.15, -0.1) is 0 Å². The number of carbonyl (C=O) groups excluding carboxylic acids is 1. The quantitative estimate of drug-likeness (QED) is 0.353. The number of ether oxygens (including phenoxy) is 3. The van der Waals surface area contributed by atoms with Gasteiger partial charge >= 0.3 is 0 Å². The molecule has 0 aromatic heterocycles. The Morgan fingerprint density at radius 3 is 2.44 bits per heavy atom. The van der Waals surface area contributed by atoms with Crippen LogP contribution in [0.25, 0.3) is 0 Å². The van der Waals surface area contributed by atoms with Gasteiger partial charge in [-0.1, -0.05) is 57.2 Å². The van der Waals surface area contributed by atoms with E-state index in [0.29, 0.717) is 31.3 Å². The van der Waals surface area contributed by atoms with Crippen molar-refractivity contribution >= 4 is 14.6 Å². The molecule has 0 saturated carbocycles. The fourth-order valence-corrected chi connectivity index (χ4v) is 4.66. The van der Waals surface area contributed by atoms with E-state index in [0.717, 1.165) is 17.4 Å². The second kappa shape index (κ2) is 10.2. The minimum Gasteiger partial charge on any atom is -0.493 e. The molecule has 1 fully saturated rings. The third-order valence-corrected chi connectivity index (χ3v) is 11.3. The molecule has 1 saturated heterocycles.